The summed E-state index contributed by atoms with van der Waals surface area (Å²) in [6.45, 7) is 0. The Bertz CT molecular complexity index is 4720. The maximum atomic E-state index is 12.3. The topological polar surface area (TPSA) is 258 Å². The van der Waals surface area contributed by atoms with Gasteiger partial charge in [-0.3, -0.25) is 24.9 Å². The average molecular weight is 1410 g/mol. The summed E-state index contributed by atoms with van der Waals surface area (Å²) in [6.07, 6.45) is 36.6. The molecule has 0 aliphatic rings. The Balaban J connectivity index is 0.000000141. The SMILES string of the molecule is C(=C\c1ccco1)/c1ccn[nH]1.C(=C\c1cccs1)/c1ccn[nH]1.C(=C\c1ccn[nH]1)/c1ccccc1.CNC(=O)n1nccc1/C=C/c1c(Cl)cccc1Cl.Cn1cccc1C(=O)n1ccc(/C=C/c2cccs2)n1.O=C(O)c1ccc(C(=O)n2ccc(/C=C/c3cccs3)n2)cc1. The third-order valence-corrected chi connectivity index (χ3v) is 16.5. The van der Waals surface area contributed by atoms with E-state index >= 15 is 0 Å². The number of furan rings is 1. The van der Waals surface area contributed by atoms with Gasteiger partial charge in [0.1, 0.15) is 11.5 Å². The third-order valence-electron chi connectivity index (χ3n) is 13.4. The second-order valence-electron chi connectivity index (χ2n) is 20.2. The van der Waals surface area contributed by atoms with Crippen LogP contribution in [0.3, 0.4) is 0 Å². The number of aromatic carboxylic acids is 1. The normalized spacial score (nSPS) is 11.0. The Hall–Kier alpha value is -12.1. The van der Waals surface area contributed by atoms with Crippen molar-refractivity contribution in [2.75, 3.05) is 7.05 Å². The molecule has 25 heteroatoms. The number of thiophene rings is 3. The third kappa shape index (κ3) is 22.8. The van der Waals surface area contributed by atoms with Gasteiger partial charge >= 0.3 is 12.0 Å². The lowest BCUT2D eigenvalue weighted by atomic mass is 10.1. The van der Waals surface area contributed by atoms with Gasteiger partial charge in [0.25, 0.3) is 11.8 Å². The molecule has 20 nitrogen and oxygen atoms in total. The van der Waals surface area contributed by atoms with E-state index in [4.69, 9.17) is 32.7 Å². The van der Waals surface area contributed by atoms with E-state index in [1.54, 1.807) is 138 Å². The Labute approximate surface area is 590 Å². The van der Waals surface area contributed by atoms with Crippen LogP contribution < -0.4 is 5.32 Å². The molecule has 99 heavy (non-hydrogen) atoms. The van der Waals surface area contributed by atoms with Crippen molar-refractivity contribution in [3.63, 3.8) is 0 Å². The Kier molecular flexibility index (Phi) is 27.2. The highest BCUT2D eigenvalue weighted by Crippen LogP contribution is 2.26. The number of amides is 1. The van der Waals surface area contributed by atoms with Gasteiger partial charge in [0, 0.05) is 87.1 Å². The van der Waals surface area contributed by atoms with Gasteiger partial charge in [-0.1, -0.05) is 83.9 Å². The van der Waals surface area contributed by atoms with Crippen LogP contribution in [0, 0.1) is 0 Å². The minimum absolute atomic E-state index is 0.131. The van der Waals surface area contributed by atoms with Crippen molar-refractivity contribution >= 4 is 154 Å². The summed E-state index contributed by atoms with van der Waals surface area (Å²) < 4.78 is 10.7. The summed E-state index contributed by atoms with van der Waals surface area (Å²) in [5.74, 6) is -0.625. The van der Waals surface area contributed by atoms with Crippen molar-refractivity contribution in [2.24, 2.45) is 7.05 Å². The molecule has 0 aliphatic carbocycles. The predicted molar refractivity (Wildman–Crippen MR) is 399 cm³/mol. The van der Waals surface area contributed by atoms with Crippen LogP contribution in [-0.2, 0) is 7.05 Å². The molecular formula is C74H62Cl2N14O6S3. The smallest absolute Gasteiger partial charge is 0.342 e. The largest absolute Gasteiger partial charge is 0.478 e. The molecule has 0 bridgehead atoms. The lowest BCUT2D eigenvalue weighted by Crippen LogP contribution is -2.26. The fourth-order valence-electron chi connectivity index (χ4n) is 8.37. The number of hydrogen-bond acceptors (Lipinski definition) is 14. The molecule has 496 valence electrons. The maximum absolute atomic E-state index is 12.3. The fraction of sp³-hybridized carbons (Fsp3) is 0.0270. The van der Waals surface area contributed by atoms with E-state index in [2.05, 4.69) is 80.9 Å². The van der Waals surface area contributed by atoms with Crippen LogP contribution in [0.1, 0.15) is 96.9 Å². The first kappa shape index (κ1) is 71.2. The first-order valence-electron chi connectivity index (χ1n) is 30.0. The molecule has 0 saturated heterocycles. The molecule has 11 heterocycles. The number of carbonyl (C=O) groups excluding carboxylic acids is 3. The highest BCUT2D eigenvalue weighted by atomic mass is 35.5. The number of aromatic nitrogens is 13. The van der Waals surface area contributed by atoms with Crippen LogP contribution in [-0.4, -0.2) is 100 Å². The van der Waals surface area contributed by atoms with Crippen LogP contribution in [0.25, 0.3) is 72.9 Å². The number of carboxylic acid groups (broad SMARTS) is 1. The van der Waals surface area contributed by atoms with Crippen molar-refractivity contribution in [3.8, 4) is 0 Å². The Morgan fingerprint density at radius 2 is 1.03 bits per heavy atom. The van der Waals surface area contributed by atoms with Gasteiger partial charge in [0.2, 0.25) is 0 Å². The number of carboxylic acids is 1. The fourth-order valence-corrected chi connectivity index (χ4v) is 10.8. The van der Waals surface area contributed by atoms with Crippen LogP contribution in [0.4, 0.5) is 4.79 Å². The standard InChI is InChI=1S/C17H12N2O3S.C15H13N3OS.C13H11Cl2N3O.C11H10N2.C9H8N2O.C9H8N2S/c20-16(12-3-5-13(6-4-12)17(21)22)19-10-9-14(18-19)7-8-15-2-1-11-23-15;1-17-9-2-5-14(17)15(19)18-10-8-12(16-18)6-7-13-4-3-11-20-13;1-16-13(19)18-9(7-8-17-18)5-6-10-11(14)3-2-4-12(10)15;1-2-4-10(5-3-1)6-7-11-8-9-12-13-11;2*1-2-9(12-7-1)4-3-8-5-6-10-11-8/h1-11H,(H,21,22);2-11H,1H3;2-8H,1H3,(H,16,19);1-9H,(H,12,13);2*1-7H,(H,10,11)/b8-7+;7-6+;6-5+;7-6+;2*4-3+. The number of hydrogen-bond donors (Lipinski definition) is 5. The zero-order valence-corrected chi connectivity index (χ0v) is 56.8. The van der Waals surface area contributed by atoms with Gasteiger partial charge in [-0.2, -0.15) is 35.3 Å². The molecule has 11 aromatic heterocycles. The number of H-pyrrole nitrogens is 3. The van der Waals surface area contributed by atoms with E-state index in [0.29, 0.717) is 38.3 Å². The lowest BCUT2D eigenvalue weighted by Gasteiger charge is -2.03. The number of aromatic amines is 3. The van der Waals surface area contributed by atoms with Crippen LogP contribution in [0.5, 0.6) is 0 Å². The molecule has 0 spiro atoms. The zero-order valence-electron chi connectivity index (χ0n) is 52.9. The van der Waals surface area contributed by atoms with Crippen molar-refractivity contribution in [1.29, 1.82) is 0 Å². The summed E-state index contributed by atoms with van der Waals surface area (Å²) in [5.41, 5.74) is 8.12. The van der Waals surface area contributed by atoms with E-state index in [9.17, 15) is 19.2 Å². The number of aryl methyl sites for hydroxylation is 1. The molecule has 0 aliphatic heterocycles. The van der Waals surface area contributed by atoms with Crippen LogP contribution in [0.2, 0.25) is 10.0 Å². The van der Waals surface area contributed by atoms with Gasteiger partial charge < -0.3 is 19.4 Å². The Morgan fingerprint density at radius 3 is 1.52 bits per heavy atom. The van der Waals surface area contributed by atoms with Gasteiger partial charge in [-0.25, -0.2) is 19.0 Å². The highest BCUT2D eigenvalue weighted by molar-refractivity contribution is 7.11. The molecular weight excluding hydrogens is 1350 g/mol. The minimum Gasteiger partial charge on any atom is -0.478 e. The van der Waals surface area contributed by atoms with Crippen LogP contribution in [0.15, 0.2) is 240 Å². The number of benzene rings is 3. The number of halogens is 2. The Morgan fingerprint density at radius 1 is 0.495 bits per heavy atom. The van der Waals surface area contributed by atoms with E-state index in [0.717, 1.165) is 38.3 Å². The minimum atomic E-state index is -1.02. The predicted octanol–water partition coefficient (Wildman–Crippen LogP) is 17.6. The molecule has 1 amide bonds. The van der Waals surface area contributed by atoms with E-state index in [1.807, 2.05) is 170 Å². The number of carbonyl (C=O) groups is 4. The lowest BCUT2D eigenvalue weighted by molar-refractivity contribution is 0.0695. The molecule has 0 atom stereocenters. The summed E-state index contributed by atoms with van der Waals surface area (Å²) in [7, 11) is 3.39. The van der Waals surface area contributed by atoms with Crippen molar-refractivity contribution < 1.29 is 28.7 Å². The summed E-state index contributed by atoms with van der Waals surface area (Å²) in [4.78, 5) is 50.4. The van der Waals surface area contributed by atoms with Crippen molar-refractivity contribution in [3.05, 3.63) is 328 Å². The molecule has 14 rings (SSSR count). The quantitative estimate of drug-likeness (QED) is 0.0642. The van der Waals surface area contributed by atoms with Gasteiger partial charge in [-0.05, 0) is 204 Å². The number of rotatable bonds is 15. The molecule has 0 fully saturated rings. The van der Waals surface area contributed by atoms with Gasteiger partial charge in [-0.15, -0.1) is 34.0 Å². The zero-order chi connectivity index (χ0) is 69.4. The highest BCUT2D eigenvalue weighted by Gasteiger charge is 2.14. The average Bonchev–Trinajstić information content (AvgIpc) is 1.68. The second kappa shape index (κ2) is 37.8. The van der Waals surface area contributed by atoms with Gasteiger partial charge in [0.05, 0.1) is 52.2 Å². The maximum Gasteiger partial charge on any atom is 0.342 e. The first-order chi connectivity index (χ1) is 48.3. The van der Waals surface area contributed by atoms with Crippen molar-refractivity contribution in [2.45, 2.75) is 0 Å². The van der Waals surface area contributed by atoms with Gasteiger partial charge in [0.15, 0.2) is 0 Å². The van der Waals surface area contributed by atoms with Crippen LogP contribution >= 0.6 is 57.2 Å². The number of nitrogens with one attached hydrogen (secondary N) is 4. The number of nitrogens with zero attached hydrogens (tertiary/aromatic N) is 10. The van der Waals surface area contributed by atoms with Crippen molar-refractivity contribution in [1.82, 2.24) is 69.8 Å². The molecule has 0 radical (unpaired) electrons. The summed E-state index contributed by atoms with van der Waals surface area (Å²) in [6, 6.07) is 51.4. The first-order valence-corrected chi connectivity index (χ1v) is 33.4. The summed E-state index contributed by atoms with van der Waals surface area (Å²) >= 11 is 17.1. The van der Waals surface area contributed by atoms with E-state index in [-0.39, 0.29) is 23.4 Å². The molecule has 3 aromatic carbocycles. The van der Waals surface area contributed by atoms with E-state index in [1.165, 1.54) is 48.8 Å². The molecule has 0 saturated carbocycles. The monoisotopic (exact) mass is 1410 g/mol. The molecule has 14 aromatic rings. The van der Waals surface area contributed by atoms with E-state index < -0.39 is 5.97 Å². The second-order valence-corrected chi connectivity index (χ2v) is 24.0. The molecule has 0 unspecified atom stereocenters. The molecule has 5 N–H and O–H groups in total. The summed E-state index contributed by atoms with van der Waals surface area (Å²) in [5, 5.41) is 51.0.